The fourth-order valence-electron chi connectivity index (χ4n) is 3.28. The van der Waals surface area contributed by atoms with E-state index in [1.807, 2.05) is 0 Å². The lowest BCUT2D eigenvalue weighted by Gasteiger charge is -2.20. The fraction of sp³-hybridized carbons (Fsp3) is 0.368. The molecule has 2 aromatic carbocycles. The summed E-state index contributed by atoms with van der Waals surface area (Å²) in [5.74, 6) is 0. The maximum absolute atomic E-state index is 11.1. The Morgan fingerprint density at radius 1 is 1.04 bits per heavy atom. The van der Waals surface area contributed by atoms with Crippen LogP contribution in [0.3, 0.4) is 0 Å². The molecule has 0 radical (unpaired) electrons. The van der Waals surface area contributed by atoms with Crippen molar-refractivity contribution < 1.29 is 13.0 Å². The van der Waals surface area contributed by atoms with Crippen LogP contribution in [-0.2, 0) is 16.5 Å². The topological polar surface area (TPSA) is 57.6 Å². The Bertz CT molecular complexity index is 782. The van der Waals surface area contributed by atoms with Gasteiger partial charge in [-0.05, 0) is 61.6 Å². The molecule has 1 N–H and O–H groups in total. The van der Waals surface area contributed by atoms with Crippen molar-refractivity contribution in [1.82, 2.24) is 4.90 Å². The summed E-state index contributed by atoms with van der Waals surface area (Å²) in [6.45, 7) is 4.61. The van der Waals surface area contributed by atoms with Crippen molar-refractivity contribution in [2.45, 2.75) is 37.1 Å². The lowest BCUT2D eigenvalue weighted by atomic mass is 10.0. The summed E-state index contributed by atoms with van der Waals surface area (Å²) in [6, 6.07) is 15.4. The maximum Gasteiger partial charge on any atom is 0.294 e. The van der Waals surface area contributed by atoms with Crippen LogP contribution < -0.4 is 0 Å². The van der Waals surface area contributed by atoms with Crippen LogP contribution in [0.15, 0.2) is 53.4 Å². The SMILES string of the molecule is CC1CCCN1CCc1ccc(-c2ccc(S(=O)(=O)O)cc2)cc1. The van der Waals surface area contributed by atoms with E-state index in [-0.39, 0.29) is 4.90 Å². The van der Waals surface area contributed by atoms with Gasteiger partial charge >= 0.3 is 0 Å². The second-order valence-corrected chi connectivity index (χ2v) is 7.90. The van der Waals surface area contributed by atoms with Gasteiger partial charge in [0.2, 0.25) is 0 Å². The molecule has 1 fully saturated rings. The zero-order valence-electron chi connectivity index (χ0n) is 13.9. The van der Waals surface area contributed by atoms with Crippen LogP contribution in [0.2, 0.25) is 0 Å². The second kappa shape index (κ2) is 7.05. The zero-order chi connectivity index (χ0) is 17.2. The van der Waals surface area contributed by atoms with Crippen molar-refractivity contribution in [2.75, 3.05) is 13.1 Å². The first-order valence-corrected chi connectivity index (χ1v) is 9.78. The van der Waals surface area contributed by atoms with E-state index in [4.69, 9.17) is 4.55 Å². The van der Waals surface area contributed by atoms with Gasteiger partial charge in [0.15, 0.2) is 0 Å². The standard InChI is InChI=1S/C19H23NO3S/c1-15-3-2-13-20(15)14-12-16-4-6-17(7-5-16)18-8-10-19(11-9-18)24(21,22)23/h4-11,15H,2-3,12-14H2,1H3,(H,21,22,23). The van der Waals surface area contributed by atoms with Crippen molar-refractivity contribution in [1.29, 1.82) is 0 Å². The molecule has 1 atom stereocenters. The molecule has 128 valence electrons. The van der Waals surface area contributed by atoms with E-state index in [0.29, 0.717) is 6.04 Å². The van der Waals surface area contributed by atoms with Crippen molar-refractivity contribution in [2.24, 2.45) is 0 Å². The molecule has 3 rings (SSSR count). The number of benzene rings is 2. The predicted octanol–water partition coefficient (Wildman–Crippen LogP) is 3.63. The molecule has 0 spiro atoms. The summed E-state index contributed by atoms with van der Waals surface area (Å²) >= 11 is 0. The van der Waals surface area contributed by atoms with E-state index in [2.05, 4.69) is 36.1 Å². The van der Waals surface area contributed by atoms with Gasteiger partial charge in [-0.3, -0.25) is 4.55 Å². The molecule has 24 heavy (non-hydrogen) atoms. The molecule has 5 heteroatoms. The van der Waals surface area contributed by atoms with Gasteiger partial charge in [0, 0.05) is 12.6 Å². The smallest absolute Gasteiger partial charge is 0.294 e. The first-order chi connectivity index (χ1) is 11.4. The van der Waals surface area contributed by atoms with Crippen LogP contribution in [-0.4, -0.2) is 37.0 Å². The third kappa shape index (κ3) is 4.04. The van der Waals surface area contributed by atoms with Crippen LogP contribution in [0.5, 0.6) is 0 Å². The van der Waals surface area contributed by atoms with E-state index in [0.717, 1.165) is 24.1 Å². The molecule has 0 aromatic heterocycles. The molecule has 4 nitrogen and oxygen atoms in total. The minimum Gasteiger partial charge on any atom is -0.300 e. The van der Waals surface area contributed by atoms with E-state index in [9.17, 15) is 8.42 Å². The van der Waals surface area contributed by atoms with Crippen LogP contribution in [0.4, 0.5) is 0 Å². The van der Waals surface area contributed by atoms with Crippen molar-refractivity contribution in [3.05, 3.63) is 54.1 Å². The quantitative estimate of drug-likeness (QED) is 0.841. The molecule has 1 heterocycles. The maximum atomic E-state index is 11.1. The Kier molecular flexibility index (Phi) is 5.04. The summed E-state index contributed by atoms with van der Waals surface area (Å²) in [6.07, 6.45) is 3.66. The average Bonchev–Trinajstić information content (AvgIpc) is 2.98. The molecule has 0 saturated carbocycles. The monoisotopic (exact) mass is 345 g/mol. The molecule has 0 amide bonds. The van der Waals surface area contributed by atoms with Crippen LogP contribution in [0.1, 0.15) is 25.3 Å². The molecule has 0 aliphatic carbocycles. The molecule has 1 aliphatic heterocycles. The number of nitrogens with zero attached hydrogens (tertiary/aromatic N) is 1. The highest BCUT2D eigenvalue weighted by Gasteiger charge is 2.19. The van der Waals surface area contributed by atoms with E-state index >= 15 is 0 Å². The van der Waals surface area contributed by atoms with Crippen molar-refractivity contribution in [3.63, 3.8) is 0 Å². The van der Waals surface area contributed by atoms with E-state index in [1.54, 1.807) is 12.1 Å². The molecule has 2 aromatic rings. The van der Waals surface area contributed by atoms with Gasteiger partial charge in [-0.15, -0.1) is 0 Å². The van der Waals surface area contributed by atoms with Crippen LogP contribution >= 0.6 is 0 Å². The highest BCUT2D eigenvalue weighted by molar-refractivity contribution is 7.85. The lowest BCUT2D eigenvalue weighted by molar-refractivity contribution is 0.272. The summed E-state index contributed by atoms with van der Waals surface area (Å²) in [5, 5.41) is 0. The molecule has 0 bridgehead atoms. The molecular weight excluding hydrogens is 322 g/mol. The van der Waals surface area contributed by atoms with Gasteiger partial charge in [-0.2, -0.15) is 8.42 Å². The average molecular weight is 345 g/mol. The first-order valence-electron chi connectivity index (χ1n) is 8.34. The third-order valence-corrected chi connectivity index (χ3v) is 5.69. The number of hydrogen-bond donors (Lipinski definition) is 1. The molecular formula is C19H23NO3S. The predicted molar refractivity (Wildman–Crippen MR) is 95.7 cm³/mol. The summed E-state index contributed by atoms with van der Waals surface area (Å²) in [7, 11) is -4.13. The van der Waals surface area contributed by atoms with E-state index in [1.165, 1.54) is 37.1 Å². The number of hydrogen-bond acceptors (Lipinski definition) is 3. The Hall–Kier alpha value is -1.69. The number of rotatable bonds is 5. The van der Waals surface area contributed by atoms with E-state index < -0.39 is 10.1 Å². The summed E-state index contributed by atoms with van der Waals surface area (Å²) < 4.78 is 31.2. The summed E-state index contributed by atoms with van der Waals surface area (Å²) in [4.78, 5) is 2.46. The first kappa shape index (κ1) is 17.1. The van der Waals surface area contributed by atoms with Gasteiger partial charge in [0.05, 0.1) is 4.90 Å². The highest BCUT2D eigenvalue weighted by Crippen LogP contribution is 2.22. The van der Waals surface area contributed by atoms with Gasteiger partial charge in [-0.1, -0.05) is 36.4 Å². The minimum atomic E-state index is -4.13. The van der Waals surface area contributed by atoms with Gasteiger partial charge in [0.25, 0.3) is 10.1 Å². The Balaban J connectivity index is 1.65. The Morgan fingerprint density at radius 2 is 1.62 bits per heavy atom. The Morgan fingerprint density at radius 3 is 2.12 bits per heavy atom. The lowest BCUT2D eigenvalue weighted by Crippen LogP contribution is -2.28. The van der Waals surface area contributed by atoms with Crippen molar-refractivity contribution in [3.8, 4) is 11.1 Å². The molecule has 1 saturated heterocycles. The van der Waals surface area contributed by atoms with Crippen LogP contribution in [0, 0.1) is 0 Å². The largest absolute Gasteiger partial charge is 0.300 e. The highest BCUT2D eigenvalue weighted by atomic mass is 32.2. The normalized spacial score (nSPS) is 18.8. The van der Waals surface area contributed by atoms with Gasteiger partial charge in [0.1, 0.15) is 0 Å². The van der Waals surface area contributed by atoms with Crippen molar-refractivity contribution >= 4 is 10.1 Å². The third-order valence-electron chi connectivity index (χ3n) is 4.82. The Labute approximate surface area is 143 Å². The van der Waals surface area contributed by atoms with Crippen LogP contribution in [0.25, 0.3) is 11.1 Å². The van der Waals surface area contributed by atoms with Gasteiger partial charge in [-0.25, -0.2) is 0 Å². The zero-order valence-corrected chi connectivity index (χ0v) is 14.7. The number of likely N-dealkylation sites (tertiary alicyclic amines) is 1. The molecule has 1 aliphatic rings. The second-order valence-electron chi connectivity index (χ2n) is 6.47. The molecule has 1 unspecified atom stereocenters. The summed E-state index contributed by atoms with van der Waals surface area (Å²) in [5.41, 5.74) is 3.28. The minimum absolute atomic E-state index is 0.0809. The van der Waals surface area contributed by atoms with Gasteiger partial charge < -0.3 is 4.90 Å². The fourth-order valence-corrected chi connectivity index (χ4v) is 3.76.